The Kier molecular flexibility index (Phi) is 10.4. The first-order valence-electron chi connectivity index (χ1n) is 9.49. The van der Waals surface area contributed by atoms with Crippen molar-refractivity contribution in [1.82, 2.24) is 20.8 Å². The Balaban J connectivity index is 0.00000312. The molecule has 0 amide bonds. The topological polar surface area (TPSA) is 75.3 Å². The molecule has 1 aromatic rings. The van der Waals surface area contributed by atoms with Gasteiger partial charge < -0.3 is 15.2 Å². The van der Waals surface area contributed by atoms with Crippen molar-refractivity contribution in [3.05, 3.63) is 11.7 Å². The molecule has 2 N–H and O–H groups in total. The van der Waals surface area contributed by atoms with Gasteiger partial charge in [-0.1, -0.05) is 45.2 Å². The van der Waals surface area contributed by atoms with Crippen molar-refractivity contribution in [1.29, 1.82) is 0 Å². The molecule has 1 aliphatic carbocycles. The van der Waals surface area contributed by atoms with Gasteiger partial charge in [-0.2, -0.15) is 4.98 Å². The van der Waals surface area contributed by atoms with Crippen LogP contribution in [0.5, 0.6) is 0 Å². The molecule has 1 heterocycles. The molecule has 0 bridgehead atoms. The van der Waals surface area contributed by atoms with Crippen molar-refractivity contribution in [2.75, 3.05) is 13.1 Å². The molecule has 2 atom stereocenters. The van der Waals surface area contributed by atoms with Crippen LogP contribution in [-0.2, 0) is 6.42 Å². The lowest BCUT2D eigenvalue weighted by molar-refractivity contribution is 0.298. The first kappa shape index (κ1) is 22.2. The van der Waals surface area contributed by atoms with Gasteiger partial charge in [-0.05, 0) is 25.7 Å². The van der Waals surface area contributed by atoms with Crippen LogP contribution in [0.2, 0.25) is 0 Å². The highest BCUT2D eigenvalue weighted by molar-refractivity contribution is 14.0. The van der Waals surface area contributed by atoms with Crippen LogP contribution in [0.4, 0.5) is 0 Å². The van der Waals surface area contributed by atoms with Crippen LogP contribution in [-0.4, -0.2) is 35.2 Å². The maximum Gasteiger partial charge on any atom is 0.228 e. The molecular weight excluding hydrogens is 429 g/mol. The van der Waals surface area contributed by atoms with Gasteiger partial charge in [0.1, 0.15) is 0 Å². The molecule has 25 heavy (non-hydrogen) atoms. The molecule has 7 heteroatoms. The van der Waals surface area contributed by atoms with E-state index in [0.717, 1.165) is 24.2 Å². The van der Waals surface area contributed by atoms with E-state index in [0.29, 0.717) is 30.8 Å². The van der Waals surface area contributed by atoms with Crippen molar-refractivity contribution in [3.8, 4) is 0 Å². The molecule has 144 valence electrons. The van der Waals surface area contributed by atoms with Crippen LogP contribution >= 0.6 is 24.0 Å². The molecular formula is C18H34IN5O. The van der Waals surface area contributed by atoms with Crippen LogP contribution in [0.1, 0.15) is 77.4 Å². The van der Waals surface area contributed by atoms with Gasteiger partial charge in [-0.25, -0.2) is 0 Å². The second-order valence-electron chi connectivity index (χ2n) is 6.99. The highest BCUT2D eigenvalue weighted by Gasteiger charge is 2.21. The lowest BCUT2D eigenvalue weighted by Crippen LogP contribution is -2.45. The third-order valence-corrected chi connectivity index (χ3v) is 4.64. The van der Waals surface area contributed by atoms with E-state index in [1.807, 2.05) is 0 Å². The maximum atomic E-state index is 5.28. The van der Waals surface area contributed by atoms with Gasteiger partial charge >= 0.3 is 0 Å². The summed E-state index contributed by atoms with van der Waals surface area (Å²) in [6.45, 7) is 10.0. The molecule has 2 rings (SSSR count). The fraction of sp³-hybridized carbons (Fsp3) is 0.833. The zero-order valence-corrected chi connectivity index (χ0v) is 18.4. The SMILES string of the molecule is CCNC(=NCCc1nc(C(C)C)no1)NC1CCCC(CC)C1.I. The minimum atomic E-state index is 0. The summed E-state index contributed by atoms with van der Waals surface area (Å²) in [5, 5.41) is 10.9. The highest BCUT2D eigenvalue weighted by atomic mass is 127. The molecule has 0 radical (unpaired) electrons. The Morgan fingerprint density at radius 1 is 1.32 bits per heavy atom. The van der Waals surface area contributed by atoms with E-state index in [1.165, 1.54) is 32.1 Å². The first-order valence-corrected chi connectivity index (χ1v) is 9.49. The second-order valence-corrected chi connectivity index (χ2v) is 6.99. The van der Waals surface area contributed by atoms with Crippen LogP contribution in [0.15, 0.2) is 9.52 Å². The van der Waals surface area contributed by atoms with E-state index in [2.05, 4.69) is 53.5 Å². The van der Waals surface area contributed by atoms with Crippen molar-refractivity contribution in [2.24, 2.45) is 10.9 Å². The lowest BCUT2D eigenvalue weighted by atomic mass is 9.84. The Bertz CT molecular complexity index is 517. The molecule has 2 unspecified atom stereocenters. The number of nitrogens with one attached hydrogen (secondary N) is 2. The lowest BCUT2D eigenvalue weighted by Gasteiger charge is -2.30. The quantitative estimate of drug-likeness (QED) is 0.365. The number of guanidine groups is 1. The highest BCUT2D eigenvalue weighted by Crippen LogP contribution is 2.26. The molecule has 0 spiro atoms. The Morgan fingerprint density at radius 2 is 2.12 bits per heavy atom. The standard InChI is InChI=1S/C18H33N5O.HI/c1-5-14-8-7-9-15(12-14)21-18(19-6-2)20-11-10-16-22-17(13(3)4)23-24-16;/h13-15H,5-12H2,1-4H3,(H2,19,20,21);1H. The fourth-order valence-electron chi connectivity index (χ4n) is 3.17. The minimum absolute atomic E-state index is 0. The predicted molar refractivity (Wildman–Crippen MR) is 113 cm³/mol. The third kappa shape index (κ3) is 7.50. The summed E-state index contributed by atoms with van der Waals surface area (Å²) >= 11 is 0. The molecule has 1 aromatic heterocycles. The minimum Gasteiger partial charge on any atom is -0.357 e. The van der Waals surface area contributed by atoms with Gasteiger partial charge in [-0.15, -0.1) is 24.0 Å². The summed E-state index contributed by atoms with van der Waals surface area (Å²) in [6.07, 6.45) is 7.14. The summed E-state index contributed by atoms with van der Waals surface area (Å²) in [7, 11) is 0. The molecule has 0 aromatic carbocycles. The molecule has 6 nitrogen and oxygen atoms in total. The van der Waals surface area contributed by atoms with Gasteiger partial charge in [0.15, 0.2) is 11.8 Å². The fourth-order valence-corrected chi connectivity index (χ4v) is 3.17. The van der Waals surface area contributed by atoms with E-state index in [9.17, 15) is 0 Å². The zero-order chi connectivity index (χ0) is 17.4. The molecule has 1 aliphatic rings. The van der Waals surface area contributed by atoms with Crippen molar-refractivity contribution >= 4 is 29.9 Å². The summed E-state index contributed by atoms with van der Waals surface area (Å²) < 4.78 is 5.28. The van der Waals surface area contributed by atoms with Crippen LogP contribution in [0.25, 0.3) is 0 Å². The largest absolute Gasteiger partial charge is 0.357 e. The van der Waals surface area contributed by atoms with E-state index < -0.39 is 0 Å². The third-order valence-electron chi connectivity index (χ3n) is 4.64. The van der Waals surface area contributed by atoms with Gasteiger partial charge in [0.2, 0.25) is 5.89 Å². The normalized spacial score (nSPS) is 21.1. The van der Waals surface area contributed by atoms with Crippen molar-refractivity contribution in [2.45, 2.75) is 78.2 Å². The average molecular weight is 463 g/mol. The van der Waals surface area contributed by atoms with E-state index in [-0.39, 0.29) is 24.0 Å². The summed E-state index contributed by atoms with van der Waals surface area (Å²) in [6, 6.07) is 0.539. The average Bonchev–Trinajstić information content (AvgIpc) is 3.04. The van der Waals surface area contributed by atoms with Gasteiger partial charge in [0.25, 0.3) is 0 Å². The molecule has 1 saturated carbocycles. The Morgan fingerprint density at radius 3 is 2.76 bits per heavy atom. The second kappa shape index (κ2) is 11.7. The maximum absolute atomic E-state index is 5.28. The van der Waals surface area contributed by atoms with Gasteiger partial charge in [-0.3, -0.25) is 4.99 Å². The van der Waals surface area contributed by atoms with E-state index in [4.69, 9.17) is 4.52 Å². The van der Waals surface area contributed by atoms with Gasteiger partial charge in [0, 0.05) is 24.9 Å². The number of aromatic nitrogens is 2. The monoisotopic (exact) mass is 463 g/mol. The Labute approximate surface area is 169 Å². The van der Waals surface area contributed by atoms with Crippen molar-refractivity contribution in [3.63, 3.8) is 0 Å². The molecule has 1 fully saturated rings. The summed E-state index contributed by atoms with van der Waals surface area (Å²) in [5.74, 6) is 3.49. The number of nitrogens with zero attached hydrogens (tertiary/aromatic N) is 3. The smallest absolute Gasteiger partial charge is 0.228 e. The number of hydrogen-bond donors (Lipinski definition) is 2. The number of aliphatic imine (C=N–C) groups is 1. The first-order chi connectivity index (χ1) is 11.6. The van der Waals surface area contributed by atoms with E-state index in [1.54, 1.807) is 0 Å². The molecule has 0 aliphatic heterocycles. The summed E-state index contributed by atoms with van der Waals surface area (Å²) in [4.78, 5) is 9.08. The van der Waals surface area contributed by atoms with Gasteiger partial charge in [0.05, 0.1) is 6.54 Å². The van der Waals surface area contributed by atoms with E-state index >= 15 is 0 Å². The zero-order valence-electron chi connectivity index (χ0n) is 16.0. The number of hydrogen-bond acceptors (Lipinski definition) is 4. The van der Waals surface area contributed by atoms with Crippen molar-refractivity contribution < 1.29 is 4.52 Å². The van der Waals surface area contributed by atoms with Crippen LogP contribution in [0.3, 0.4) is 0 Å². The predicted octanol–water partition coefficient (Wildman–Crippen LogP) is 3.88. The molecule has 0 saturated heterocycles. The summed E-state index contributed by atoms with van der Waals surface area (Å²) in [5.41, 5.74) is 0. The number of rotatable bonds is 7. The Hall–Kier alpha value is -0.860. The van der Waals surface area contributed by atoms with Crippen LogP contribution < -0.4 is 10.6 Å². The van der Waals surface area contributed by atoms with Crippen LogP contribution in [0, 0.1) is 5.92 Å². The number of halogens is 1.